The molecule has 1 rings (SSSR count). The second kappa shape index (κ2) is 3.78. The summed E-state index contributed by atoms with van der Waals surface area (Å²) < 4.78 is 15.6. The monoisotopic (exact) mass is 186 g/mol. The molecule has 0 N–H and O–H groups in total. The second-order valence-corrected chi connectivity index (χ2v) is 3.68. The molecule has 0 saturated heterocycles. The molecule has 1 aliphatic rings. The molecule has 0 heterocycles. The lowest BCUT2D eigenvalue weighted by atomic mass is 10.3. The normalized spacial score (nSPS) is 22.9. The van der Waals surface area contributed by atoms with Gasteiger partial charge in [-0.05, 0) is 11.3 Å². The highest BCUT2D eigenvalue weighted by Crippen LogP contribution is 2.26. The molecule has 12 heavy (non-hydrogen) atoms. The summed E-state index contributed by atoms with van der Waals surface area (Å²) in [6.07, 6.45) is 1.97. The van der Waals surface area contributed by atoms with Crippen LogP contribution in [0.25, 0.3) is 0 Å². The van der Waals surface area contributed by atoms with Crippen LogP contribution in [-0.2, 0) is 14.2 Å². The molecule has 0 aliphatic heterocycles. The standard InChI is InChI=1S/C8H14O3Si/c1-9-5-4-6(12)8(11-3)7(5)10-2/h4-5H,1-3,12H3. The van der Waals surface area contributed by atoms with Gasteiger partial charge in [0.2, 0.25) is 0 Å². The Bertz CT molecular complexity index is 232. The van der Waals surface area contributed by atoms with Crippen LogP contribution in [0.3, 0.4) is 0 Å². The van der Waals surface area contributed by atoms with E-state index in [1.165, 1.54) is 5.20 Å². The summed E-state index contributed by atoms with van der Waals surface area (Å²) in [6.45, 7) is 0. The summed E-state index contributed by atoms with van der Waals surface area (Å²) >= 11 is 0. The molecule has 1 aliphatic carbocycles. The molecule has 1 atom stereocenters. The van der Waals surface area contributed by atoms with Gasteiger partial charge in [0.05, 0.1) is 14.2 Å². The van der Waals surface area contributed by atoms with Crippen molar-refractivity contribution in [2.45, 2.75) is 6.10 Å². The van der Waals surface area contributed by atoms with Gasteiger partial charge in [0.1, 0.15) is 6.10 Å². The molecule has 0 spiro atoms. The smallest absolute Gasteiger partial charge is 0.170 e. The molecule has 4 heteroatoms. The average Bonchev–Trinajstić information content (AvgIpc) is 2.40. The van der Waals surface area contributed by atoms with Gasteiger partial charge in [-0.25, -0.2) is 0 Å². The summed E-state index contributed by atoms with van der Waals surface area (Å²) in [7, 11) is 5.89. The first-order valence-corrected chi connectivity index (χ1v) is 4.78. The van der Waals surface area contributed by atoms with Crippen molar-refractivity contribution in [1.82, 2.24) is 0 Å². The van der Waals surface area contributed by atoms with Crippen molar-refractivity contribution < 1.29 is 14.2 Å². The molecule has 0 radical (unpaired) electrons. The quantitative estimate of drug-likeness (QED) is 0.570. The fraction of sp³-hybridized carbons (Fsp3) is 0.500. The average molecular weight is 186 g/mol. The van der Waals surface area contributed by atoms with Crippen molar-refractivity contribution in [2.24, 2.45) is 0 Å². The molecule has 0 amide bonds. The maximum Gasteiger partial charge on any atom is 0.170 e. The van der Waals surface area contributed by atoms with Gasteiger partial charge in [0.15, 0.2) is 11.5 Å². The van der Waals surface area contributed by atoms with E-state index in [1.54, 1.807) is 21.3 Å². The molecular formula is C8H14O3Si. The zero-order valence-corrected chi connectivity index (χ0v) is 9.88. The SMILES string of the molecule is COC1=C(OC)C(OC)C=C1[SiH3]. The fourth-order valence-corrected chi connectivity index (χ4v) is 2.10. The van der Waals surface area contributed by atoms with Gasteiger partial charge >= 0.3 is 0 Å². The highest BCUT2D eigenvalue weighted by atomic mass is 28.1. The first kappa shape index (κ1) is 9.35. The van der Waals surface area contributed by atoms with E-state index >= 15 is 0 Å². The predicted molar refractivity (Wildman–Crippen MR) is 49.9 cm³/mol. The van der Waals surface area contributed by atoms with Crippen LogP contribution in [0.1, 0.15) is 0 Å². The number of methoxy groups -OCH3 is 3. The first-order valence-electron chi connectivity index (χ1n) is 3.78. The molecule has 0 fully saturated rings. The summed E-state index contributed by atoms with van der Waals surface area (Å²) in [6, 6.07) is 0. The summed E-state index contributed by atoms with van der Waals surface area (Å²) in [5.74, 6) is 1.63. The lowest BCUT2D eigenvalue weighted by molar-refractivity contribution is 0.104. The predicted octanol–water partition coefficient (Wildman–Crippen LogP) is -0.231. The molecule has 0 aromatic carbocycles. The third-order valence-corrected chi connectivity index (χ3v) is 2.71. The highest BCUT2D eigenvalue weighted by molar-refractivity contribution is 6.24. The molecule has 68 valence electrons. The minimum absolute atomic E-state index is 0.0579. The minimum atomic E-state index is -0.0579. The molecule has 0 aromatic heterocycles. The van der Waals surface area contributed by atoms with Crippen LogP contribution in [0.5, 0.6) is 0 Å². The Morgan fingerprint density at radius 2 is 1.92 bits per heavy atom. The van der Waals surface area contributed by atoms with Crippen molar-refractivity contribution >= 4 is 10.2 Å². The van der Waals surface area contributed by atoms with Crippen LogP contribution < -0.4 is 0 Å². The van der Waals surface area contributed by atoms with E-state index in [0.717, 1.165) is 21.8 Å². The number of allylic oxidation sites excluding steroid dienone is 1. The van der Waals surface area contributed by atoms with E-state index in [0.29, 0.717) is 0 Å². The second-order valence-electron chi connectivity index (χ2n) is 2.61. The topological polar surface area (TPSA) is 27.7 Å². The highest BCUT2D eigenvalue weighted by Gasteiger charge is 2.25. The Morgan fingerprint density at radius 3 is 2.33 bits per heavy atom. The van der Waals surface area contributed by atoms with Crippen molar-refractivity contribution in [2.75, 3.05) is 21.3 Å². The molecular weight excluding hydrogens is 172 g/mol. The molecule has 3 nitrogen and oxygen atoms in total. The Kier molecular flexibility index (Phi) is 2.94. The van der Waals surface area contributed by atoms with Crippen LogP contribution in [0, 0.1) is 0 Å². The first-order chi connectivity index (χ1) is 5.74. The van der Waals surface area contributed by atoms with E-state index in [-0.39, 0.29) is 6.10 Å². The van der Waals surface area contributed by atoms with Crippen molar-refractivity contribution in [3.63, 3.8) is 0 Å². The van der Waals surface area contributed by atoms with Gasteiger partial charge in [0, 0.05) is 17.4 Å². The van der Waals surface area contributed by atoms with E-state index < -0.39 is 0 Å². The van der Waals surface area contributed by atoms with E-state index in [2.05, 4.69) is 0 Å². The van der Waals surface area contributed by atoms with Gasteiger partial charge in [-0.3, -0.25) is 0 Å². The summed E-state index contributed by atoms with van der Waals surface area (Å²) in [5, 5.41) is 1.20. The summed E-state index contributed by atoms with van der Waals surface area (Å²) in [5.41, 5.74) is 0. The van der Waals surface area contributed by atoms with Gasteiger partial charge in [-0.2, -0.15) is 0 Å². The summed E-state index contributed by atoms with van der Waals surface area (Å²) in [4.78, 5) is 0. The van der Waals surface area contributed by atoms with E-state index in [4.69, 9.17) is 14.2 Å². The van der Waals surface area contributed by atoms with Crippen LogP contribution in [0.4, 0.5) is 0 Å². The number of hydrogen-bond acceptors (Lipinski definition) is 3. The fourth-order valence-electron chi connectivity index (χ4n) is 1.35. The lowest BCUT2D eigenvalue weighted by Crippen LogP contribution is -2.10. The van der Waals surface area contributed by atoms with Crippen molar-refractivity contribution in [1.29, 1.82) is 0 Å². The molecule has 1 unspecified atom stereocenters. The van der Waals surface area contributed by atoms with Crippen molar-refractivity contribution in [3.8, 4) is 0 Å². The Morgan fingerprint density at radius 1 is 1.25 bits per heavy atom. The van der Waals surface area contributed by atoms with Crippen LogP contribution in [-0.4, -0.2) is 37.7 Å². The van der Waals surface area contributed by atoms with Crippen LogP contribution in [0.2, 0.25) is 0 Å². The van der Waals surface area contributed by atoms with E-state index in [1.807, 2.05) is 6.08 Å². The Labute approximate surface area is 75.4 Å². The Balaban J connectivity index is 2.93. The zero-order valence-electron chi connectivity index (χ0n) is 7.88. The van der Waals surface area contributed by atoms with Gasteiger partial charge in [-0.15, -0.1) is 0 Å². The van der Waals surface area contributed by atoms with E-state index in [9.17, 15) is 0 Å². The zero-order chi connectivity index (χ0) is 9.14. The molecule has 0 saturated carbocycles. The number of hydrogen-bond donors (Lipinski definition) is 0. The van der Waals surface area contributed by atoms with Gasteiger partial charge in [-0.1, -0.05) is 0 Å². The van der Waals surface area contributed by atoms with Crippen molar-refractivity contribution in [3.05, 3.63) is 22.8 Å². The maximum absolute atomic E-state index is 5.20. The lowest BCUT2D eigenvalue weighted by Gasteiger charge is -2.11. The van der Waals surface area contributed by atoms with Crippen LogP contribution in [0.15, 0.2) is 22.8 Å². The Hall–Kier alpha value is -0.743. The molecule has 0 aromatic rings. The van der Waals surface area contributed by atoms with Gasteiger partial charge in [0.25, 0.3) is 0 Å². The largest absolute Gasteiger partial charge is 0.494 e. The molecule has 0 bridgehead atoms. The third kappa shape index (κ3) is 1.40. The third-order valence-electron chi connectivity index (χ3n) is 1.92. The number of rotatable bonds is 3. The van der Waals surface area contributed by atoms with Gasteiger partial charge < -0.3 is 14.2 Å². The maximum atomic E-state index is 5.20. The number of ether oxygens (including phenoxy) is 3. The minimum Gasteiger partial charge on any atom is -0.494 e. The van der Waals surface area contributed by atoms with Crippen LogP contribution >= 0.6 is 0 Å².